The molecule has 2 rings (SSSR count). The number of nitro groups is 1. The van der Waals surface area contributed by atoms with E-state index in [1.165, 1.54) is 12.1 Å². The number of nitrogens with zero attached hydrogens (tertiary/aromatic N) is 1. The molecule has 19 heavy (non-hydrogen) atoms. The Balaban J connectivity index is 2.52. The smallest absolute Gasteiger partial charge is 0.328 e. The van der Waals surface area contributed by atoms with Crippen LogP contribution in [0.15, 0.2) is 24.3 Å². The van der Waals surface area contributed by atoms with Crippen molar-refractivity contribution in [2.75, 3.05) is 0 Å². The summed E-state index contributed by atoms with van der Waals surface area (Å²) in [6.45, 7) is 0. The number of carboxylic acids is 1. The number of nitro benzene ring substituents is 1. The molecule has 1 N–H and O–H groups in total. The van der Waals surface area contributed by atoms with Gasteiger partial charge in [-0.15, -0.1) is 0 Å². The van der Waals surface area contributed by atoms with E-state index in [4.69, 9.17) is 16.7 Å². The van der Waals surface area contributed by atoms with E-state index in [-0.39, 0.29) is 34.7 Å². The Morgan fingerprint density at radius 1 is 1.53 bits per heavy atom. The van der Waals surface area contributed by atoms with E-state index in [0.717, 1.165) is 12.1 Å². The van der Waals surface area contributed by atoms with Gasteiger partial charge in [-0.25, -0.2) is 9.18 Å². The summed E-state index contributed by atoms with van der Waals surface area (Å²) in [5.41, 5.74) is -1.97. The van der Waals surface area contributed by atoms with Crippen molar-refractivity contribution in [3.63, 3.8) is 0 Å². The zero-order chi connectivity index (χ0) is 14.2. The third-order valence-corrected chi connectivity index (χ3v) is 3.21. The number of halogens is 2. The third-order valence-electron chi connectivity index (χ3n) is 2.89. The Morgan fingerprint density at radius 3 is 2.63 bits per heavy atom. The zero-order valence-electron chi connectivity index (χ0n) is 9.60. The molecule has 0 saturated heterocycles. The monoisotopic (exact) mass is 285 g/mol. The van der Waals surface area contributed by atoms with Gasteiger partial charge in [0.1, 0.15) is 10.7 Å². The van der Waals surface area contributed by atoms with Crippen LogP contribution in [-0.2, 0) is 4.79 Å². The maximum Gasteiger partial charge on any atom is 0.328 e. The first-order valence-electron chi connectivity index (χ1n) is 5.42. The molecule has 1 aliphatic carbocycles. The summed E-state index contributed by atoms with van der Waals surface area (Å²) in [6, 6.07) is 3.73. The van der Waals surface area contributed by atoms with E-state index < -0.39 is 16.6 Å². The normalized spacial score (nSPS) is 17.1. The number of alkyl halides is 1. The molecule has 1 aliphatic rings. The van der Waals surface area contributed by atoms with Crippen LogP contribution in [0.1, 0.15) is 18.4 Å². The Labute approximate surface area is 112 Å². The van der Waals surface area contributed by atoms with E-state index in [1.54, 1.807) is 0 Å². The topological polar surface area (TPSA) is 80.4 Å². The number of allylic oxidation sites excluding steroid dienone is 1. The van der Waals surface area contributed by atoms with Crippen LogP contribution in [-0.4, -0.2) is 21.7 Å². The van der Waals surface area contributed by atoms with Crippen molar-refractivity contribution in [2.24, 2.45) is 0 Å². The van der Waals surface area contributed by atoms with Crippen molar-refractivity contribution in [3.05, 3.63) is 45.0 Å². The summed E-state index contributed by atoms with van der Waals surface area (Å²) in [6.07, 6.45) is 1.17. The Bertz CT molecular complexity index is 595. The minimum Gasteiger partial charge on any atom is -0.478 e. The summed E-state index contributed by atoms with van der Waals surface area (Å²) in [7, 11) is 0. The molecular weight excluding hydrogens is 277 g/mol. The van der Waals surface area contributed by atoms with E-state index in [9.17, 15) is 19.3 Å². The minimum absolute atomic E-state index is 0.0558. The molecule has 0 heterocycles. The first-order chi connectivity index (χ1) is 8.83. The predicted molar refractivity (Wildman–Crippen MR) is 66.8 cm³/mol. The summed E-state index contributed by atoms with van der Waals surface area (Å²) in [4.78, 5) is 20.8. The van der Waals surface area contributed by atoms with Crippen LogP contribution >= 0.6 is 11.6 Å². The van der Waals surface area contributed by atoms with Gasteiger partial charge in [0.25, 0.3) is 5.69 Å². The van der Waals surface area contributed by atoms with E-state index in [1.807, 2.05) is 0 Å². The van der Waals surface area contributed by atoms with Gasteiger partial charge < -0.3 is 5.11 Å². The molecule has 1 fully saturated rings. The number of benzene rings is 1. The molecule has 1 saturated carbocycles. The molecule has 0 aromatic heterocycles. The fourth-order valence-corrected chi connectivity index (χ4v) is 1.98. The predicted octanol–water partition coefficient (Wildman–Crippen LogP) is 3.22. The van der Waals surface area contributed by atoms with Gasteiger partial charge in [0.15, 0.2) is 0 Å². The van der Waals surface area contributed by atoms with Crippen LogP contribution in [0, 0.1) is 10.1 Å². The SMILES string of the molecule is O=C(O)/C=C(/c1ccc(Cl)c([N+](=O)[O-])c1)C1(F)CC1. The van der Waals surface area contributed by atoms with Crippen molar-refractivity contribution in [3.8, 4) is 0 Å². The van der Waals surface area contributed by atoms with Gasteiger partial charge in [-0.3, -0.25) is 10.1 Å². The zero-order valence-corrected chi connectivity index (χ0v) is 10.4. The molecule has 100 valence electrons. The number of aliphatic carboxylic acids is 1. The highest BCUT2D eigenvalue weighted by Gasteiger charge is 2.47. The van der Waals surface area contributed by atoms with Crippen LogP contribution in [0.4, 0.5) is 10.1 Å². The van der Waals surface area contributed by atoms with E-state index in [0.29, 0.717) is 0 Å². The molecule has 1 aromatic carbocycles. The molecule has 0 unspecified atom stereocenters. The van der Waals surface area contributed by atoms with E-state index in [2.05, 4.69) is 0 Å². The van der Waals surface area contributed by atoms with Gasteiger partial charge >= 0.3 is 5.97 Å². The summed E-state index contributed by atoms with van der Waals surface area (Å²) >= 11 is 5.66. The third kappa shape index (κ3) is 2.73. The number of carboxylic acid groups (broad SMARTS) is 1. The number of hydrogen-bond donors (Lipinski definition) is 1. The van der Waals surface area contributed by atoms with Gasteiger partial charge in [0, 0.05) is 17.7 Å². The fraction of sp³-hybridized carbons (Fsp3) is 0.250. The van der Waals surface area contributed by atoms with Crippen molar-refractivity contribution in [1.29, 1.82) is 0 Å². The van der Waals surface area contributed by atoms with Crippen molar-refractivity contribution in [1.82, 2.24) is 0 Å². The second kappa shape index (κ2) is 4.62. The van der Waals surface area contributed by atoms with Gasteiger partial charge in [-0.05, 0) is 24.5 Å². The lowest BCUT2D eigenvalue weighted by molar-refractivity contribution is -0.384. The second-order valence-electron chi connectivity index (χ2n) is 4.28. The van der Waals surface area contributed by atoms with Crippen LogP contribution in [0.2, 0.25) is 5.02 Å². The standard InChI is InChI=1S/C12H9ClFNO4/c13-9-2-1-7(5-10(9)15(18)19)8(6-11(16)17)12(14)3-4-12/h1-2,5-6H,3-4H2,(H,16,17)/b8-6-. The van der Waals surface area contributed by atoms with Crippen LogP contribution in [0.25, 0.3) is 5.57 Å². The average Bonchev–Trinajstić information content (AvgIpc) is 3.06. The van der Waals surface area contributed by atoms with Gasteiger partial charge in [0.2, 0.25) is 0 Å². The molecular formula is C12H9ClFNO4. The quantitative estimate of drug-likeness (QED) is 0.523. The largest absolute Gasteiger partial charge is 0.478 e. The summed E-state index contributed by atoms with van der Waals surface area (Å²) in [5, 5.41) is 19.5. The number of rotatable bonds is 4. The molecule has 0 aliphatic heterocycles. The number of carbonyl (C=O) groups is 1. The molecule has 0 atom stereocenters. The Kier molecular flexibility index (Phi) is 3.28. The lowest BCUT2D eigenvalue weighted by Gasteiger charge is -2.11. The molecule has 0 amide bonds. The maximum atomic E-state index is 14.1. The Hall–Kier alpha value is -1.95. The Morgan fingerprint density at radius 2 is 2.16 bits per heavy atom. The average molecular weight is 286 g/mol. The molecule has 0 radical (unpaired) electrons. The van der Waals surface area contributed by atoms with Crippen molar-refractivity contribution >= 4 is 28.8 Å². The molecule has 0 bridgehead atoms. The molecule has 7 heteroatoms. The van der Waals surface area contributed by atoms with Gasteiger partial charge in [-0.2, -0.15) is 0 Å². The highest BCUT2D eigenvalue weighted by molar-refractivity contribution is 6.32. The number of hydrogen-bond acceptors (Lipinski definition) is 3. The summed E-state index contributed by atoms with van der Waals surface area (Å²) in [5.74, 6) is -1.29. The van der Waals surface area contributed by atoms with Crippen molar-refractivity contribution < 1.29 is 19.2 Å². The first kappa shape index (κ1) is 13.5. The molecule has 0 spiro atoms. The highest BCUT2D eigenvalue weighted by Crippen LogP contribution is 2.50. The maximum absolute atomic E-state index is 14.1. The summed E-state index contributed by atoms with van der Waals surface area (Å²) < 4.78 is 14.1. The van der Waals surface area contributed by atoms with Crippen LogP contribution in [0.5, 0.6) is 0 Å². The second-order valence-corrected chi connectivity index (χ2v) is 4.69. The minimum atomic E-state index is -1.71. The lowest BCUT2D eigenvalue weighted by Crippen LogP contribution is -2.07. The highest BCUT2D eigenvalue weighted by atomic mass is 35.5. The fourth-order valence-electron chi connectivity index (χ4n) is 1.79. The lowest BCUT2D eigenvalue weighted by atomic mass is 9.99. The van der Waals surface area contributed by atoms with E-state index >= 15 is 0 Å². The van der Waals surface area contributed by atoms with Crippen LogP contribution < -0.4 is 0 Å². The van der Waals surface area contributed by atoms with Crippen LogP contribution in [0.3, 0.4) is 0 Å². The van der Waals surface area contributed by atoms with Gasteiger partial charge in [0.05, 0.1) is 4.92 Å². The van der Waals surface area contributed by atoms with Gasteiger partial charge in [-0.1, -0.05) is 17.7 Å². The molecule has 5 nitrogen and oxygen atoms in total. The first-order valence-corrected chi connectivity index (χ1v) is 5.79. The molecule has 1 aromatic rings. The van der Waals surface area contributed by atoms with Crippen molar-refractivity contribution in [2.45, 2.75) is 18.5 Å².